The summed E-state index contributed by atoms with van der Waals surface area (Å²) in [4.78, 5) is 33.0. The molecule has 0 aromatic carbocycles. The average molecular weight is 447 g/mol. The highest BCUT2D eigenvalue weighted by atomic mass is 16.5. The third-order valence-corrected chi connectivity index (χ3v) is 5.44. The molecule has 170 valence electrons. The summed E-state index contributed by atoms with van der Waals surface area (Å²) in [5, 5.41) is 12.3. The molecule has 4 heterocycles. The van der Waals surface area contributed by atoms with Crippen molar-refractivity contribution in [3.63, 3.8) is 0 Å². The average Bonchev–Trinajstić information content (AvgIpc) is 3.30. The molecular weight excluding hydrogens is 422 g/mol. The number of nitrogens with one attached hydrogen (secondary N) is 1. The number of pyridine rings is 1. The zero-order valence-corrected chi connectivity index (χ0v) is 18.7. The van der Waals surface area contributed by atoms with Gasteiger partial charge >= 0.3 is 0 Å². The topological polar surface area (TPSA) is 113 Å². The fourth-order valence-corrected chi connectivity index (χ4v) is 3.99. The van der Waals surface area contributed by atoms with E-state index in [0.717, 1.165) is 5.56 Å². The Morgan fingerprint density at radius 1 is 1.30 bits per heavy atom. The number of nitrogens with zero attached hydrogens (tertiary/aromatic N) is 4. The van der Waals surface area contributed by atoms with Crippen LogP contribution in [0, 0.1) is 18.3 Å². The largest absolute Gasteiger partial charge is 0.467 e. The van der Waals surface area contributed by atoms with Gasteiger partial charge in [-0.05, 0) is 50.6 Å². The molecule has 3 aromatic rings. The first-order chi connectivity index (χ1) is 15.9. The molecule has 0 bridgehead atoms. The first-order valence-electron chi connectivity index (χ1n) is 10.7. The van der Waals surface area contributed by atoms with E-state index in [0.29, 0.717) is 30.3 Å². The van der Waals surface area contributed by atoms with E-state index in [1.165, 1.54) is 16.7 Å². The second-order valence-electron chi connectivity index (χ2n) is 8.13. The summed E-state index contributed by atoms with van der Waals surface area (Å²) < 4.78 is 12.5. The zero-order valence-electron chi connectivity index (χ0n) is 18.7. The molecule has 1 saturated heterocycles. The van der Waals surface area contributed by atoms with Crippen LogP contribution in [0.2, 0.25) is 0 Å². The fourth-order valence-electron chi connectivity index (χ4n) is 3.99. The molecule has 9 nitrogen and oxygen atoms in total. The van der Waals surface area contributed by atoms with Crippen molar-refractivity contribution in [1.82, 2.24) is 14.7 Å². The number of hydrogen-bond acceptors (Lipinski definition) is 7. The number of amides is 1. The molecule has 0 unspecified atom stereocenters. The lowest BCUT2D eigenvalue weighted by molar-refractivity contribution is -0.117. The molecule has 2 atom stereocenters. The summed E-state index contributed by atoms with van der Waals surface area (Å²) in [7, 11) is 0. The zero-order chi connectivity index (χ0) is 23.5. The molecule has 1 N–H and O–H groups in total. The number of nitriles is 1. The quantitative estimate of drug-likeness (QED) is 0.472. The number of morpholine rings is 1. The molecule has 4 rings (SSSR count). The van der Waals surface area contributed by atoms with Crippen LogP contribution in [0.4, 0.5) is 5.82 Å². The van der Waals surface area contributed by atoms with Gasteiger partial charge in [0.05, 0.1) is 30.6 Å². The predicted molar refractivity (Wildman–Crippen MR) is 123 cm³/mol. The van der Waals surface area contributed by atoms with E-state index >= 15 is 0 Å². The summed E-state index contributed by atoms with van der Waals surface area (Å²) in [6.07, 6.45) is 4.33. The number of carbonyl (C=O) groups excluding carboxylic acids is 1. The molecule has 0 spiro atoms. The number of furan rings is 1. The van der Waals surface area contributed by atoms with Crippen LogP contribution in [-0.4, -0.2) is 40.6 Å². The Morgan fingerprint density at radius 3 is 2.73 bits per heavy atom. The minimum absolute atomic E-state index is 0.0604. The van der Waals surface area contributed by atoms with Crippen molar-refractivity contribution in [2.45, 2.75) is 39.5 Å². The highest BCUT2D eigenvalue weighted by Crippen LogP contribution is 2.24. The number of fused-ring (bicyclic) bond motifs is 1. The van der Waals surface area contributed by atoms with Crippen molar-refractivity contribution in [2.75, 3.05) is 18.0 Å². The molecule has 1 aliphatic rings. The lowest BCUT2D eigenvalue weighted by Crippen LogP contribution is -2.46. The second-order valence-corrected chi connectivity index (χ2v) is 8.13. The van der Waals surface area contributed by atoms with E-state index in [1.807, 2.05) is 37.8 Å². The van der Waals surface area contributed by atoms with E-state index in [-0.39, 0.29) is 35.4 Å². The smallest absolute Gasteiger partial charge is 0.267 e. The SMILES string of the molecule is Cc1cccn2c(=O)c(/C=C(\C#N)C(=O)NCc3ccco3)c(N3C[C@H](C)O[C@@H](C)C3)nc12. The van der Waals surface area contributed by atoms with Crippen LogP contribution in [0.3, 0.4) is 0 Å². The summed E-state index contributed by atoms with van der Waals surface area (Å²) in [6, 6.07) is 8.99. The molecule has 3 aromatic heterocycles. The van der Waals surface area contributed by atoms with Crippen LogP contribution < -0.4 is 15.8 Å². The normalized spacial score (nSPS) is 18.8. The van der Waals surface area contributed by atoms with E-state index in [9.17, 15) is 14.9 Å². The van der Waals surface area contributed by atoms with Gasteiger partial charge in [-0.3, -0.25) is 14.0 Å². The minimum Gasteiger partial charge on any atom is -0.467 e. The van der Waals surface area contributed by atoms with Gasteiger partial charge in [-0.2, -0.15) is 5.26 Å². The van der Waals surface area contributed by atoms with Gasteiger partial charge in [-0.15, -0.1) is 0 Å². The molecule has 9 heteroatoms. The van der Waals surface area contributed by atoms with E-state index in [4.69, 9.17) is 14.1 Å². The van der Waals surface area contributed by atoms with Gasteiger partial charge in [0.25, 0.3) is 11.5 Å². The van der Waals surface area contributed by atoms with Crippen LogP contribution in [-0.2, 0) is 16.1 Å². The molecule has 1 fully saturated rings. The molecule has 0 saturated carbocycles. The summed E-state index contributed by atoms with van der Waals surface area (Å²) in [5.74, 6) is 0.390. The third kappa shape index (κ3) is 4.66. The molecule has 1 amide bonds. The van der Waals surface area contributed by atoms with Crippen LogP contribution in [0.1, 0.15) is 30.7 Å². The van der Waals surface area contributed by atoms with Crippen molar-refractivity contribution in [1.29, 1.82) is 5.26 Å². The Balaban J connectivity index is 1.80. The van der Waals surface area contributed by atoms with Crippen LogP contribution in [0.25, 0.3) is 11.7 Å². The van der Waals surface area contributed by atoms with Gasteiger partial charge in [0.2, 0.25) is 0 Å². The highest BCUT2D eigenvalue weighted by Gasteiger charge is 2.27. The number of aryl methyl sites for hydroxylation is 1. The maximum atomic E-state index is 13.5. The van der Waals surface area contributed by atoms with Crippen molar-refractivity contribution < 1.29 is 13.9 Å². The number of anilines is 1. The van der Waals surface area contributed by atoms with Crippen molar-refractivity contribution in [2.24, 2.45) is 0 Å². The van der Waals surface area contributed by atoms with Gasteiger partial charge in [-0.25, -0.2) is 4.98 Å². The first kappa shape index (κ1) is 22.3. The number of ether oxygens (including phenoxy) is 1. The van der Waals surface area contributed by atoms with E-state index in [2.05, 4.69) is 5.32 Å². The van der Waals surface area contributed by atoms with Gasteiger partial charge < -0.3 is 19.4 Å². The highest BCUT2D eigenvalue weighted by molar-refractivity contribution is 6.02. The standard InChI is InChI=1S/C24H25N5O4/c1-15-6-4-8-29-21(15)27-22(28-13-16(2)33-17(3)14-28)20(24(29)31)10-18(11-25)23(30)26-12-19-7-5-9-32-19/h4-10,16-17H,12-14H2,1-3H3,(H,26,30)/b18-10+/t16-,17-/m0/s1. The Hall–Kier alpha value is -3.90. The van der Waals surface area contributed by atoms with Crippen LogP contribution in [0.15, 0.2) is 51.5 Å². The Labute approximate surface area is 190 Å². The van der Waals surface area contributed by atoms with E-state index in [1.54, 1.807) is 24.4 Å². The van der Waals surface area contributed by atoms with Crippen LogP contribution >= 0.6 is 0 Å². The Morgan fingerprint density at radius 2 is 2.06 bits per heavy atom. The maximum absolute atomic E-state index is 13.5. The number of aromatic nitrogens is 2. The van der Waals surface area contributed by atoms with Gasteiger partial charge in [0.1, 0.15) is 28.9 Å². The third-order valence-electron chi connectivity index (χ3n) is 5.44. The number of carbonyl (C=O) groups is 1. The maximum Gasteiger partial charge on any atom is 0.267 e. The molecule has 0 aliphatic carbocycles. The fraction of sp³-hybridized carbons (Fsp3) is 0.333. The minimum atomic E-state index is -0.600. The second kappa shape index (κ2) is 9.30. The first-order valence-corrected chi connectivity index (χ1v) is 10.7. The number of rotatable bonds is 5. The van der Waals surface area contributed by atoms with Gasteiger partial charge in [-0.1, -0.05) is 6.07 Å². The molecule has 1 aliphatic heterocycles. The summed E-state index contributed by atoms with van der Waals surface area (Å²) >= 11 is 0. The monoisotopic (exact) mass is 447 g/mol. The Bertz CT molecular complexity index is 1290. The Kier molecular flexibility index (Phi) is 6.29. The van der Waals surface area contributed by atoms with E-state index < -0.39 is 5.91 Å². The summed E-state index contributed by atoms with van der Waals surface area (Å²) in [5.41, 5.74) is 1.02. The molecular formula is C24H25N5O4. The van der Waals surface area contributed by atoms with Crippen LogP contribution in [0.5, 0.6) is 0 Å². The molecule has 0 radical (unpaired) electrons. The molecule has 33 heavy (non-hydrogen) atoms. The van der Waals surface area contributed by atoms with Gasteiger partial charge in [0, 0.05) is 19.3 Å². The van der Waals surface area contributed by atoms with Crippen molar-refractivity contribution in [3.8, 4) is 6.07 Å². The lowest BCUT2D eigenvalue weighted by atomic mass is 10.1. The summed E-state index contributed by atoms with van der Waals surface area (Å²) in [6.45, 7) is 7.00. The van der Waals surface area contributed by atoms with Crippen molar-refractivity contribution in [3.05, 3.63) is 69.5 Å². The lowest BCUT2D eigenvalue weighted by Gasteiger charge is -2.36. The number of hydrogen-bond donors (Lipinski definition) is 1. The van der Waals surface area contributed by atoms with Gasteiger partial charge in [0.15, 0.2) is 0 Å². The predicted octanol–water partition coefficient (Wildman–Crippen LogP) is 2.43. The van der Waals surface area contributed by atoms with Crippen molar-refractivity contribution >= 4 is 23.4 Å².